The number of amides is 1. The first-order chi connectivity index (χ1) is 42.5. The first-order valence-electron chi connectivity index (χ1n) is 39.9. The molecule has 0 spiro atoms. The molecule has 3 N–H and O–H groups in total. The molecule has 6 nitrogen and oxygen atoms in total. The number of ether oxygens (including phenoxy) is 1. The summed E-state index contributed by atoms with van der Waals surface area (Å²) in [6.45, 7) is 5.00. The number of carbonyl (C=O) groups excluding carboxylic acids is 2. The topological polar surface area (TPSA) is 95.9 Å². The number of hydrogen-bond donors (Lipinski definition) is 3. The Balaban J connectivity index is 3.33. The van der Waals surface area contributed by atoms with Crippen molar-refractivity contribution in [2.45, 2.75) is 475 Å². The van der Waals surface area contributed by atoms with E-state index in [2.05, 4.69) is 31.3 Å². The fraction of sp³-hybridized carbons (Fsp3) is 0.950. The van der Waals surface area contributed by atoms with Crippen LogP contribution in [0, 0.1) is 0 Å². The number of aliphatic hydroxyl groups is 2. The number of rotatable bonds is 76. The highest BCUT2D eigenvalue weighted by atomic mass is 16.5. The van der Waals surface area contributed by atoms with Crippen LogP contribution in [0.4, 0.5) is 0 Å². The Morgan fingerprint density at radius 3 is 0.826 bits per heavy atom. The molecule has 0 aliphatic rings. The number of unbranched alkanes of at least 4 members (excludes halogenated alkanes) is 63. The van der Waals surface area contributed by atoms with E-state index >= 15 is 0 Å². The van der Waals surface area contributed by atoms with Gasteiger partial charge in [-0.3, -0.25) is 9.59 Å². The van der Waals surface area contributed by atoms with Crippen molar-refractivity contribution >= 4 is 11.9 Å². The minimum absolute atomic E-state index is 0.0140. The molecule has 0 saturated heterocycles. The van der Waals surface area contributed by atoms with Crippen molar-refractivity contribution in [3.63, 3.8) is 0 Å². The molecule has 0 aromatic heterocycles. The predicted octanol–water partition coefficient (Wildman–Crippen LogP) is 26.3. The zero-order valence-electron chi connectivity index (χ0n) is 58.8. The zero-order chi connectivity index (χ0) is 62.0. The molecule has 6 heteroatoms. The second-order valence-electron chi connectivity index (χ2n) is 27.8. The zero-order valence-corrected chi connectivity index (χ0v) is 58.8. The van der Waals surface area contributed by atoms with Gasteiger partial charge in [-0.15, -0.1) is 0 Å². The molecule has 0 rings (SSSR count). The Morgan fingerprint density at radius 2 is 0.547 bits per heavy atom. The van der Waals surface area contributed by atoms with Crippen molar-refractivity contribution < 1.29 is 24.5 Å². The first kappa shape index (κ1) is 84.6. The third-order valence-corrected chi connectivity index (χ3v) is 19.1. The molecule has 1 amide bonds. The number of esters is 1. The van der Waals surface area contributed by atoms with Gasteiger partial charge in [0, 0.05) is 12.8 Å². The van der Waals surface area contributed by atoms with Crippen LogP contribution in [-0.2, 0) is 14.3 Å². The van der Waals surface area contributed by atoms with Crippen LogP contribution in [0.25, 0.3) is 0 Å². The van der Waals surface area contributed by atoms with Crippen molar-refractivity contribution in [2.75, 3.05) is 13.2 Å². The molecule has 0 aromatic carbocycles. The Morgan fingerprint density at radius 1 is 0.314 bits per heavy atom. The molecule has 86 heavy (non-hydrogen) atoms. The van der Waals surface area contributed by atoms with Gasteiger partial charge in [-0.05, 0) is 51.4 Å². The first-order valence-corrected chi connectivity index (χ1v) is 39.9. The summed E-state index contributed by atoms with van der Waals surface area (Å²) in [6.07, 6.45) is 95.9. The molecule has 0 heterocycles. The molecule has 0 bridgehead atoms. The summed E-state index contributed by atoms with van der Waals surface area (Å²) in [5, 5.41) is 23.5. The standard InChI is InChI=1S/C80H157NO5/c1-3-5-7-9-11-13-15-17-19-20-21-22-32-35-38-41-45-48-52-56-60-64-68-72-78(83)77(76-82)81-79(84)73-69-65-61-57-53-49-46-42-39-36-33-30-28-26-24-23-25-27-29-31-34-37-40-43-47-51-55-59-63-67-71-75-86-80(85)74-70-66-62-58-54-50-44-18-16-14-12-10-8-6-4-2/h18,44,77-78,82-83H,3-17,19-43,45-76H2,1-2H3,(H,81,84)/b44-18-. The molecule has 0 fully saturated rings. The largest absolute Gasteiger partial charge is 0.466 e. The van der Waals surface area contributed by atoms with Gasteiger partial charge in [0.2, 0.25) is 5.91 Å². The minimum Gasteiger partial charge on any atom is -0.466 e. The van der Waals surface area contributed by atoms with Crippen LogP contribution in [0.5, 0.6) is 0 Å². The summed E-state index contributed by atoms with van der Waals surface area (Å²) in [7, 11) is 0. The maximum Gasteiger partial charge on any atom is 0.305 e. The molecular formula is C80H157NO5. The van der Waals surface area contributed by atoms with Crippen molar-refractivity contribution in [1.82, 2.24) is 5.32 Å². The summed E-state index contributed by atoms with van der Waals surface area (Å²) >= 11 is 0. The quantitative estimate of drug-likeness (QED) is 0.0320. The van der Waals surface area contributed by atoms with Crippen molar-refractivity contribution in [2.24, 2.45) is 0 Å². The van der Waals surface area contributed by atoms with Crippen LogP contribution in [0.1, 0.15) is 463 Å². The van der Waals surface area contributed by atoms with E-state index in [-0.39, 0.29) is 18.5 Å². The average molecular weight is 1210 g/mol. The normalized spacial score (nSPS) is 12.5. The molecule has 512 valence electrons. The number of nitrogens with one attached hydrogen (secondary N) is 1. The highest BCUT2D eigenvalue weighted by Crippen LogP contribution is 2.20. The van der Waals surface area contributed by atoms with Gasteiger partial charge in [-0.25, -0.2) is 0 Å². The third kappa shape index (κ3) is 71.7. The lowest BCUT2D eigenvalue weighted by molar-refractivity contribution is -0.143. The fourth-order valence-electron chi connectivity index (χ4n) is 13.0. The molecule has 0 aliphatic carbocycles. The van der Waals surface area contributed by atoms with Gasteiger partial charge < -0.3 is 20.3 Å². The maximum absolute atomic E-state index is 12.6. The summed E-state index contributed by atoms with van der Waals surface area (Å²) in [6, 6.07) is -0.539. The van der Waals surface area contributed by atoms with Crippen molar-refractivity contribution in [3.05, 3.63) is 12.2 Å². The number of aliphatic hydroxyl groups excluding tert-OH is 2. The van der Waals surface area contributed by atoms with Crippen LogP contribution >= 0.6 is 0 Å². The Bertz CT molecular complexity index is 1300. The molecule has 0 saturated carbocycles. The second-order valence-corrected chi connectivity index (χ2v) is 27.8. The van der Waals surface area contributed by atoms with E-state index in [1.54, 1.807) is 0 Å². The molecule has 0 radical (unpaired) electrons. The van der Waals surface area contributed by atoms with Crippen LogP contribution in [0.3, 0.4) is 0 Å². The smallest absolute Gasteiger partial charge is 0.305 e. The Hall–Kier alpha value is -1.40. The summed E-state index contributed by atoms with van der Waals surface area (Å²) < 4.78 is 5.50. The van der Waals surface area contributed by atoms with Gasteiger partial charge in [-0.1, -0.05) is 411 Å². The Labute approximate surface area is 539 Å². The SMILES string of the molecule is CCCCCCCC/C=C\CCCCCCCC(=O)OCCCCCCCCCCCCCCCCCCCCCCCCCCCCCCCCCC(=O)NC(CO)C(O)CCCCCCCCCCCCCCCCCCCCCCCCC. The summed E-state index contributed by atoms with van der Waals surface area (Å²) in [4.78, 5) is 24.7. The van der Waals surface area contributed by atoms with Gasteiger partial charge in [0.1, 0.15) is 0 Å². The van der Waals surface area contributed by atoms with E-state index in [1.807, 2.05) is 0 Å². The third-order valence-electron chi connectivity index (χ3n) is 19.1. The summed E-state index contributed by atoms with van der Waals surface area (Å²) in [5.41, 5.74) is 0. The Kier molecular flexibility index (Phi) is 74.8. The van der Waals surface area contributed by atoms with E-state index in [4.69, 9.17) is 4.74 Å². The number of carbonyl (C=O) groups is 2. The molecule has 2 atom stereocenters. The highest BCUT2D eigenvalue weighted by Gasteiger charge is 2.20. The summed E-state index contributed by atoms with van der Waals surface area (Å²) in [5.74, 6) is -0.0107. The predicted molar refractivity (Wildman–Crippen MR) is 380 cm³/mol. The lowest BCUT2D eigenvalue weighted by Crippen LogP contribution is -2.45. The highest BCUT2D eigenvalue weighted by molar-refractivity contribution is 5.76. The van der Waals surface area contributed by atoms with Gasteiger partial charge in [0.05, 0.1) is 25.4 Å². The van der Waals surface area contributed by atoms with E-state index in [0.29, 0.717) is 25.9 Å². The van der Waals surface area contributed by atoms with Gasteiger partial charge >= 0.3 is 5.97 Å². The van der Waals surface area contributed by atoms with E-state index in [0.717, 1.165) is 44.9 Å². The van der Waals surface area contributed by atoms with Crippen LogP contribution in [-0.4, -0.2) is 47.4 Å². The fourth-order valence-corrected chi connectivity index (χ4v) is 13.0. The van der Waals surface area contributed by atoms with Crippen LogP contribution in [0.2, 0.25) is 0 Å². The molecular weight excluding hydrogens is 1050 g/mol. The van der Waals surface area contributed by atoms with Crippen molar-refractivity contribution in [1.29, 1.82) is 0 Å². The van der Waals surface area contributed by atoms with Gasteiger partial charge in [-0.2, -0.15) is 0 Å². The van der Waals surface area contributed by atoms with Gasteiger partial charge in [0.25, 0.3) is 0 Å². The van der Waals surface area contributed by atoms with Crippen LogP contribution < -0.4 is 5.32 Å². The molecule has 2 unspecified atom stereocenters. The van der Waals surface area contributed by atoms with E-state index < -0.39 is 12.1 Å². The number of allylic oxidation sites excluding steroid dienone is 2. The van der Waals surface area contributed by atoms with Gasteiger partial charge in [0.15, 0.2) is 0 Å². The van der Waals surface area contributed by atoms with E-state index in [9.17, 15) is 19.8 Å². The van der Waals surface area contributed by atoms with Crippen molar-refractivity contribution in [3.8, 4) is 0 Å². The lowest BCUT2D eigenvalue weighted by Gasteiger charge is -2.22. The monoisotopic (exact) mass is 1210 g/mol. The average Bonchev–Trinajstić information content (AvgIpc) is 3.54. The molecule has 0 aromatic rings. The lowest BCUT2D eigenvalue weighted by atomic mass is 10.0. The van der Waals surface area contributed by atoms with Crippen LogP contribution in [0.15, 0.2) is 12.2 Å². The maximum atomic E-state index is 12.6. The minimum atomic E-state index is -0.662. The number of hydrogen-bond acceptors (Lipinski definition) is 5. The second kappa shape index (κ2) is 76.1. The van der Waals surface area contributed by atoms with E-state index in [1.165, 1.54) is 385 Å². The molecule has 0 aliphatic heterocycles.